The van der Waals surface area contributed by atoms with Crippen molar-refractivity contribution >= 4 is 17.1 Å². The van der Waals surface area contributed by atoms with Crippen LogP contribution in [0, 0.1) is 13.8 Å². The monoisotopic (exact) mass is 246 g/mol. The predicted molar refractivity (Wildman–Crippen MR) is 70.2 cm³/mol. The van der Waals surface area contributed by atoms with E-state index >= 15 is 0 Å². The zero-order valence-corrected chi connectivity index (χ0v) is 10.9. The van der Waals surface area contributed by atoms with Crippen LogP contribution in [0.25, 0.3) is 0 Å². The Kier molecular flexibility index (Phi) is 3.29. The Hall–Kier alpha value is -1.61. The number of rotatable bonds is 3. The largest absolute Gasteiger partial charge is 0.496 e. The number of methoxy groups -OCH3 is 1. The highest BCUT2D eigenvalue weighted by molar-refractivity contribution is 7.10. The maximum Gasteiger partial charge on any atom is 0.194 e. The third kappa shape index (κ3) is 2.24. The van der Waals surface area contributed by atoms with Crippen molar-refractivity contribution in [2.24, 2.45) is 0 Å². The summed E-state index contributed by atoms with van der Waals surface area (Å²) in [6.45, 7) is 3.91. The van der Waals surface area contributed by atoms with Crippen molar-refractivity contribution in [2.75, 3.05) is 7.11 Å². The van der Waals surface area contributed by atoms with Gasteiger partial charge in [-0.2, -0.15) is 0 Å². The third-order valence-electron chi connectivity index (χ3n) is 2.76. The van der Waals surface area contributed by atoms with Crippen LogP contribution in [0.3, 0.4) is 0 Å². The molecule has 0 radical (unpaired) electrons. The number of ketones is 1. The standard InChI is InChI=1S/C14H14O2S/c1-9-8-11(4-5-13(9)16-3)14(15)12-6-7-17-10(12)2/h4-8H,1-3H3. The van der Waals surface area contributed by atoms with E-state index in [1.165, 1.54) is 0 Å². The van der Waals surface area contributed by atoms with Crippen LogP contribution >= 0.6 is 11.3 Å². The maximum atomic E-state index is 12.2. The highest BCUT2D eigenvalue weighted by Gasteiger charge is 2.13. The van der Waals surface area contributed by atoms with Gasteiger partial charge in [0.05, 0.1) is 7.11 Å². The summed E-state index contributed by atoms with van der Waals surface area (Å²) in [5, 5.41) is 1.94. The highest BCUT2D eigenvalue weighted by Crippen LogP contribution is 2.23. The SMILES string of the molecule is COc1ccc(C(=O)c2ccsc2C)cc1C. The molecule has 0 unspecified atom stereocenters. The molecule has 1 heterocycles. The van der Waals surface area contributed by atoms with Crippen LogP contribution in [0.1, 0.15) is 26.4 Å². The summed E-state index contributed by atoms with van der Waals surface area (Å²) < 4.78 is 5.18. The molecule has 2 aromatic rings. The lowest BCUT2D eigenvalue weighted by Crippen LogP contribution is -2.02. The van der Waals surface area contributed by atoms with Gasteiger partial charge in [-0.3, -0.25) is 4.79 Å². The average Bonchev–Trinajstić information content (AvgIpc) is 2.74. The molecule has 3 heteroatoms. The van der Waals surface area contributed by atoms with Gasteiger partial charge in [0, 0.05) is 16.0 Å². The van der Waals surface area contributed by atoms with Crippen LogP contribution in [0.2, 0.25) is 0 Å². The lowest BCUT2D eigenvalue weighted by molar-refractivity contribution is 0.103. The summed E-state index contributed by atoms with van der Waals surface area (Å²) >= 11 is 1.59. The summed E-state index contributed by atoms with van der Waals surface area (Å²) in [7, 11) is 1.63. The minimum Gasteiger partial charge on any atom is -0.496 e. The van der Waals surface area contributed by atoms with E-state index < -0.39 is 0 Å². The first-order valence-corrected chi connectivity index (χ1v) is 6.25. The van der Waals surface area contributed by atoms with Gasteiger partial charge in [-0.15, -0.1) is 11.3 Å². The fourth-order valence-corrected chi connectivity index (χ4v) is 2.49. The zero-order chi connectivity index (χ0) is 12.4. The molecule has 1 aromatic carbocycles. The number of ether oxygens (including phenoxy) is 1. The molecule has 0 aliphatic rings. The van der Waals surface area contributed by atoms with Crippen LogP contribution in [0.4, 0.5) is 0 Å². The Morgan fingerprint density at radius 1 is 1.24 bits per heavy atom. The fourth-order valence-electron chi connectivity index (χ4n) is 1.80. The van der Waals surface area contributed by atoms with Crippen molar-refractivity contribution in [1.29, 1.82) is 0 Å². The van der Waals surface area contributed by atoms with E-state index in [2.05, 4.69) is 0 Å². The van der Waals surface area contributed by atoms with Gasteiger partial charge in [0.25, 0.3) is 0 Å². The van der Waals surface area contributed by atoms with Crippen molar-refractivity contribution in [3.8, 4) is 5.75 Å². The lowest BCUT2D eigenvalue weighted by atomic mass is 10.0. The molecule has 2 nitrogen and oxygen atoms in total. The Bertz CT molecular complexity index is 555. The van der Waals surface area contributed by atoms with Crippen molar-refractivity contribution in [3.63, 3.8) is 0 Å². The number of carbonyl (C=O) groups is 1. The third-order valence-corrected chi connectivity index (χ3v) is 3.61. The Morgan fingerprint density at radius 2 is 2.00 bits per heavy atom. The highest BCUT2D eigenvalue weighted by atomic mass is 32.1. The summed E-state index contributed by atoms with van der Waals surface area (Å²) in [6, 6.07) is 7.40. The average molecular weight is 246 g/mol. The molecule has 17 heavy (non-hydrogen) atoms. The molecule has 0 bridgehead atoms. The first-order chi connectivity index (χ1) is 8.13. The molecular weight excluding hydrogens is 232 g/mol. The molecule has 0 aliphatic heterocycles. The van der Waals surface area contributed by atoms with E-state index in [1.807, 2.05) is 43.5 Å². The number of aryl methyl sites for hydroxylation is 2. The van der Waals surface area contributed by atoms with E-state index in [0.29, 0.717) is 5.56 Å². The minimum atomic E-state index is 0.0782. The van der Waals surface area contributed by atoms with Crippen LogP contribution in [0.15, 0.2) is 29.6 Å². The van der Waals surface area contributed by atoms with Crippen LogP contribution < -0.4 is 4.74 Å². The topological polar surface area (TPSA) is 26.3 Å². The first-order valence-electron chi connectivity index (χ1n) is 5.37. The van der Waals surface area contributed by atoms with Gasteiger partial charge >= 0.3 is 0 Å². The molecule has 0 amide bonds. The number of thiophene rings is 1. The normalized spacial score (nSPS) is 10.3. The first kappa shape index (κ1) is 11.9. The fraction of sp³-hybridized carbons (Fsp3) is 0.214. The molecule has 2 rings (SSSR count). The van der Waals surface area contributed by atoms with E-state index in [1.54, 1.807) is 18.4 Å². The smallest absolute Gasteiger partial charge is 0.194 e. The maximum absolute atomic E-state index is 12.2. The van der Waals surface area contributed by atoms with Gasteiger partial charge in [0.1, 0.15) is 5.75 Å². The van der Waals surface area contributed by atoms with E-state index in [9.17, 15) is 4.79 Å². The van der Waals surface area contributed by atoms with Crippen LogP contribution in [-0.4, -0.2) is 12.9 Å². The van der Waals surface area contributed by atoms with Gasteiger partial charge in [-0.25, -0.2) is 0 Å². The molecule has 88 valence electrons. The van der Waals surface area contributed by atoms with Gasteiger partial charge in [-0.05, 0) is 49.1 Å². The van der Waals surface area contributed by atoms with Crippen LogP contribution in [-0.2, 0) is 0 Å². The second-order valence-corrected chi connectivity index (χ2v) is 5.02. The molecule has 1 aromatic heterocycles. The Balaban J connectivity index is 2.39. The second-order valence-electron chi connectivity index (χ2n) is 3.90. The van der Waals surface area contributed by atoms with Crippen molar-refractivity contribution < 1.29 is 9.53 Å². The van der Waals surface area contributed by atoms with Crippen molar-refractivity contribution in [3.05, 3.63) is 51.2 Å². The van der Waals surface area contributed by atoms with Crippen LogP contribution in [0.5, 0.6) is 5.75 Å². The molecular formula is C14H14O2S. The molecule has 0 atom stereocenters. The lowest BCUT2D eigenvalue weighted by Gasteiger charge is -2.06. The quantitative estimate of drug-likeness (QED) is 0.773. The summed E-state index contributed by atoms with van der Waals surface area (Å²) in [5.41, 5.74) is 2.48. The molecule has 0 saturated heterocycles. The van der Waals surface area contributed by atoms with Gasteiger partial charge < -0.3 is 4.74 Å². The molecule has 0 N–H and O–H groups in total. The zero-order valence-electron chi connectivity index (χ0n) is 10.1. The number of hydrogen-bond acceptors (Lipinski definition) is 3. The predicted octanol–water partition coefficient (Wildman–Crippen LogP) is 3.60. The number of hydrogen-bond donors (Lipinski definition) is 0. The minimum absolute atomic E-state index is 0.0782. The van der Waals surface area contributed by atoms with Gasteiger partial charge in [0.2, 0.25) is 0 Å². The summed E-state index contributed by atoms with van der Waals surface area (Å²) in [4.78, 5) is 13.3. The van der Waals surface area contributed by atoms with Gasteiger partial charge in [-0.1, -0.05) is 0 Å². The molecule has 0 fully saturated rings. The molecule has 0 saturated carbocycles. The molecule has 0 aliphatic carbocycles. The van der Waals surface area contributed by atoms with E-state index in [0.717, 1.165) is 21.8 Å². The van der Waals surface area contributed by atoms with E-state index in [-0.39, 0.29) is 5.78 Å². The summed E-state index contributed by atoms with van der Waals surface area (Å²) in [6.07, 6.45) is 0. The van der Waals surface area contributed by atoms with E-state index in [4.69, 9.17) is 4.74 Å². The second kappa shape index (κ2) is 4.72. The number of benzene rings is 1. The van der Waals surface area contributed by atoms with Crippen molar-refractivity contribution in [1.82, 2.24) is 0 Å². The van der Waals surface area contributed by atoms with Crippen molar-refractivity contribution in [2.45, 2.75) is 13.8 Å². The number of carbonyl (C=O) groups excluding carboxylic acids is 1. The van der Waals surface area contributed by atoms with Gasteiger partial charge in [0.15, 0.2) is 5.78 Å². The Morgan fingerprint density at radius 3 is 2.53 bits per heavy atom. The molecule has 0 spiro atoms. The summed E-state index contributed by atoms with van der Waals surface area (Å²) in [5.74, 6) is 0.887. The Labute approximate surface area is 105 Å².